The molecule has 0 spiro atoms. The SMILES string of the molecule is O=C(Nc1ccc2nc(N3CCOCC3)sc2c1)c1cnn(Cc2ccccc2)c1. The number of anilines is 2. The maximum absolute atomic E-state index is 12.7. The summed E-state index contributed by atoms with van der Waals surface area (Å²) in [6.45, 7) is 3.81. The van der Waals surface area contributed by atoms with Crippen molar-refractivity contribution in [3.63, 3.8) is 0 Å². The van der Waals surface area contributed by atoms with Crippen molar-refractivity contribution in [2.24, 2.45) is 0 Å². The number of ether oxygens (including phenoxy) is 1. The Bertz CT molecular complexity index is 1160. The van der Waals surface area contributed by atoms with Gasteiger partial charge in [0.25, 0.3) is 5.91 Å². The molecule has 0 atom stereocenters. The number of amides is 1. The molecule has 1 N–H and O–H groups in total. The summed E-state index contributed by atoms with van der Waals surface area (Å²) < 4.78 is 8.24. The zero-order valence-corrected chi connectivity index (χ0v) is 17.1. The normalized spacial score (nSPS) is 14.2. The minimum Gasteiger partial charge on any atom is -0.378 e. The topological polar surface area (TPSA) is 72.3 Å². The maximum Gasteiger partial charge on any atom is 0.258 e. The number of hydrogen-bond acceptors (Lipinski definition) is 6. The number of benzene rings is 2. The van der Waals surface area contributed by atoms with Crippen LogP contribution in [0.3, 0.4) is 0 Å². The van der Waals surface area contributed by atoms with E-state index in [9.17, 15) is 4.79 Å². The second-order valence-corrected chi connectivity index (χ2v) is 8.15. The molecule has 152 valence electrons. The van der Waals surface area contributed by atoms with Crippen molar-refractivity contribution >= 4 is 38.3 Å². The van der Waals surface area contributed by atoms with E-state index in [1.165, 1.54) is 0 Å². The Balaban J connectivity index is 1.28. The number of thiazole rings is 1. The number of rotatable bonds is 5. The number of hydrogen-bond donors (Lipinski definition) is 1. The molecule has 2 aromatic heterocycles. The van der Waals surface area contributed by atoms with Gasteiger partial charge in [-0.2, -0.15) is 5.10 Å². The fourth-order valence-electron chi connectivity index (χ4n) is 3.42. The number of carbonyl (C=O) groups is 1. The standard InChI is InChI=1S/C22H21N5O2S/c28-21(17-13-23-27(15-17)14-16-4-2-1-3-5-16)24-18-6-7-19-20(12-18)30-22(25-19)26-8-10-29-11-9-26/h1-7,12-13,15H,8-11,14H2,(H,24,28). The van der Waals surface area contributed by atoms with Gasteiger partial charge < -0.3 is 15.0 Å². The molecule has 8 heteroatoms. The molecule has 3 heterocycles. The number of nitrogens with one attached hydrogen (secondary N) is 1. The maximum atomic E-state index is 12.7. The van der Waals surface area contributed by atoms with Gasteiger partial charge in [0, 0.05) is 25.0 Å². The highest BCUT2D eigenvalue weighted by Gasteiger charge is 2.16. The van der Waals surface area contributed by atoms with Crippen LogP contribution in [0.25, 0.3) is 10.2 Å². The van der Waals surface area contributed by atoms with Crippen LogP contribution in [0.4, 0.5) is 10.8 Å². The second kappa shape index (κ2) is 8.25. The van der Waals surface area contributed by atoms with Crippen molar-refractivity contribution in [2.75, 3.05) is 36.5 Å². The van der Waals surface area contributed by atoms with Crippen molar-refractivity contribution < 1.29 is 9.53 Å². The average molecular weight is 420 g/mol. The zero-order chi connectivity index (χ0) is 20.3. The number of nitrogens with zero attached hydrogens (tertiary/aromatic N) is 4. The summed E-state index contributed by atoms with van der Waals surface area (Å²) in [6.07, 6.45) is 3.37. The van der Waals surface area contributed by atoms with Gasteiger partial charge in [-0.1, -0.05) is 41.7 Å². The molecule has 4 aromatic rings. The highest BCUT2D eigenvalue weighted by molar-refractivity contribution is 7.22. The molecule has 0 saturated carbocycles. The molecule has 2 aromatic carbocycles. The Morgan fingerprint density at radius 2 is 1.97 bits per heavy atom. The average Bonchev–Trinajstić information content (AvgIpc) is 3.42. The number of morpholine rings is 1. The Hall–Kier alpha value is -3.23. The Labute approximate surface area is 177 Å². The molecule has 0 aliphatic carbocycles. The van der Waals surface area contributed by atoms with Gasteiger partial charge in [0.15, 0.2) is 5.13 Å². The lowest BCUT2D eigenvalue weighted by Crippen LogP contribution is -2.36. The Morgan fingerprint density at radius 3 is 2.80 bits per heavy atom. The van der Waals surface area contributed by atoms with E-state index in [0.29, 0.717) is 12.1 Å². The highest BCUT2D eigenvalue weighted by Crippen LogP contribution is 2.31. The molecule has 0 bridgehead atoms. The molecule has 1 aliphatic rings. The third-order valence-corrected chi connectivity index (χ3v) is 6.08. The fraction of sp³-hybridized carbons (Fsp3) is 0.227. The van der Waals surface area contributed by atoms with Gasteiger partial charge >= 0.3 is 0 Å². The summed E-state index contributed by atoms with van der Waals surface area (Å²) >= 11 is 1.64. The van der Waals surface area contributed by atoms with Crippen LogP contribution in [-0.2, 0) is 11.3 Å². The van der Waals surface area contributed by atoms with Gasteiger partial charge in [-0.15, -0.1) is 0 Å². The molecule has 1 aliphatic heterocycles. The number of aromatic nitrogens is 3. The van der Waals surface area contributed by atoms with E-state index < -0.39 is 0 Å². The Morgan fingerprint density at radius 1 is 1.13 bits per heavy atom. The third-order valence-electron chi connectivity index (χ3n) is 5.00. The summed E-state index contributed by atoms with van der Waals surface area (Å²) in [5.74, 6) is -0.174. The van der Waals surface area contributed by atoms with Crippen molar-refractivity contribution in [2.45, 2.75) is 6.54 Å². The molecule has 1 amide bonds. The second-order valence-electron chi connectivity index (χ2n) is 7.14. The van der Waals surface area contributed by atoms with Crippen LogP contribution in [-0.4, -0.2) is 47.0 Å². The molecule has 5 rings (SSSR count). The summed E-state index contributed by atoms with van der Waals surface area (Å²) in [5, 5.41) is 8.28. The lowest BCUT2D eigenvalue weighted by atomic mass is 10.2. The predicted molar refractivity (Wildman–Crippen MR) is 118 cm³/mol. The summed E-state index contributed by atoms with van der Waals surface area (Å²) in [7, 11) is 0. The van der Waals surface area contributed by atoms with Gasteiger partial charge in [-0.05, 0) is 23.8 Å². The highest BCUT2D eigenvalue weighted by atomic mass is 32.1. The molecule has 1 fully saturated rings. The third kappa shape index (κ3) is 4.05. The van der Waals surface area contributed by atoms with Gasteiger partial charge in [0.2, 0.25) is 0 Å². The van der Waals surface area contributed by atoms with Crippen LogP contribution in [0.2, 0.25) is 0 Å². The summed E-state index contributed by atoms with van der Waals surface area (Å²) in [5.41, 5.74) is 3.36. The van der Waals surface area contributed by atoms with Crippen LogP contribution >= 0.6 is 11.3 Å². The molecule has 0 radical (unpaired) electrons. The first-order valence-electron chi connectivity index (χ1n) is 9.86. The van der Waals surface area contributed by atoms with E-state index in [-0.39, 0.29) is 5.91 Å². The molecular weight excluding hydrogens is 398 g/mol. The summed E-state index contributed by atoms with van der Waals surface area (Å²) in [6, 6.07) is 15.9. The quantitative estimate of drug-likeness (QED) is 0.535. The van der Waals surface area contributed by atoms with Crippen LogP contribution in [0.1, 0.15) is 15.9 Å². The smallest absolute Gasteiger partial charge is 0.258 e. The lowest BCUT2D eigenvalue weighted by molar-refractivity contribution is 0.102. The van der Waals surface area contributed by atoms with E-state index >= 15 is 0 Å². The largest absolute Gasteiger partial charge is 0.378 e. The lowest BCUT2D eigenvalue weighted by Gasteiger charge is -2.25. The van der Waals surface area contributed by atoms with Crippen molar-refractivity contribution in [3.8, 4) is 0 Å². The molecule has 0 unspecified atom stereocenters. The van der Waals surface area contributed by atoms with E-state index in [1.807, 2.05) is 48.5 Å². The minimum atomic E-state index is -0.174. The van der Waals surface area contributed by atoms with Crippen molar-refractivity contribution in [3.05, 3.63) is 72.1 Å². The van der Waals surface area contributed by atoms with Crippen LogP contribution < -0.4 is 10.2 Å². The van der Waals surface area contributed by atoms with Crippen LogP contribution in [0.5, 0.6) is 0 Å². The van der Waals surface area contributed by atoms with Gasteiger partial charge in [-0.3, -0.25) is 9.48 Å². The van der Waals surface area contributed by atoms with Gasteiger partial charge in [0.05, 0.1) is 41.7 Å². The Kier molecular flexibility index (Phi) is 5.17. The van der Waals surface area contributed by atoms with E-state index in [0.717, 1.165) is 52.9 Å². The first kappa shape index (κ1) is 18.8. The van der Waals surface area contributed by atoms with Gasteiger partial charge in [-0.25, -0.2) is 4.98 Å². The van der Waals surface area contributed by atoms with Gasteiger partial charge in [0.1, 0.15) is 0 Å². The zero-order valence-electron chi connectivity index (χ0n) is 16.3. The molecule has 30 heavy (non-hydrogen) atoms. The number of carbonyl (C=O) groups excluding carboxylic acids is 1. The van der Waals surface area contributed by atoms with Crippen LogP contribution in [0.15, 0.2) is 60.9 Å². The first-order valence-corrected chi connectivity index (χ1v) is 10.7. The van der Waals surface area contributed by atoms with E-state index in [1.54, 1.807) is 28.4 Å². The monoisotopic (exact) mass is 419 g/mol. The molecular formula is C22H21N5O2S. The van der Waals surface area contributed by atoms with E-state index in [4.69, 9.17) is 9.72 Å². The molecule has 7 nitrogen and oxygen atoms in total. The van der Waals surface area contributed by atoms with Crippen molar-refractivity contribution in [1.29, 1.82) is 0 Å². The predicted octanol–water partition coefficient (Wildman–Crippen LogP) is 3.63. The first-order chi connectivity index (χ1) is 14.7. The molecule has 1 saturated heterocycles. The fourth-order valence-corrected chi connectivity index (χ4v) is 4.48. The van der Waals surface area contributed by atoms with Crippen molar-refractivity contribution in [1.82, 2.24) is 14.8 Å². The number of fused-ring (bicyclic) bond motifs is 1. The summed E-state index contributed by atoms with van der Waals surface area (Å²) in [4.78, 5) is 19.6. The van der Waals surface area contributed by atoms with E-state index in [2.05, 4.69) is 15.3 Å². The van der Waals surface area contributed by atoms with Crippen LogP contribution in [0, 0.1) is 0 Å². The minimum absolute atomic E-state index is 0.174.